The van der Waals surface area contributed by atoms with Crippen LogP contribution < -0.4 is 5.32 Å². The lowest BCUT2D eigenvalue weighted by molar-refractivity contribution is 0.146. The molecule has 2 unspecified atom stereocenters. The van der Waals surface area contributed by atoms with Gasteiger partial charge in [0.2, 0.25) is 0 Å². The van der Waals surface area contributed by atoms with Gasteiger partial charge >= 0.3 is 0 Å². The second-order valence-corrected chi connectivity index (χ2v) is 6.11. The van der Waals surface area contributed by atoms with Gasteiger partial charge in [0.15, 0.2) is 0 Å². The van der Waals surface area contributed by atoms with Crippen LogP contribution in [0.1, 0.15) is 45.1 Å². The molecule has 2 rings (SSSR count). The van der Waals surface area contributed by atoms with E-state index in [1.54, 1.807) is 6.92 Å². The highest BCUT2D eigenvalue weighted by Crippen LogP contribution is 2.26. The van der Waals surface area contributed by atoms with E-state index in [1.165, 1.54) is 5.56 Å². The first-order valence-corrected chi connectivity index (χ1v) is 6.68. The third-order valence-electron chi connectivity index (χ3n) is 3.45. The lowest BCUT2D eigenvalue weighted by Crippen LogP contribution is -2.28. The minimum atomic E-state index is -0.493. The molecule has 2 aromatic rings. The van der Waals surface area contributed by atoms with E-state index in [4.69, 9.17) is 0 Å². The summed E-state index contributed by atoms with van der Waals surface area (Å²) in [6, 6.07) is 6.11. The molecular formula is C15H23N3O. The summed E-state index contributed by atoms with van der Waals surface area (Å²) in [5.41, 5.74) is 3.34. The van der Waals surface area contributed by atoms with Crippen molar-refractivity contribution in [3.63, 3.8) is 0 Å². The number of aliphatic hydroxyl groups is 1. The number of nitrogens with zero attached hydrogens (tertiary/aromatic N) is 1. The van der Waals surface area contributed by atoms with Crippen molar-refractivity contribution in [2.75, 3.05) is 7.05 Å². The van der Waals surface area contributed by atoms with Gasteiger partial charge in [0, 0.05) is 0 Å². The van der Waals surface area contributed by atoms with Crippen molar-refractivity contribution >= 4 is 11.0 Å². The molecule has 0 radical (unpaired) electrons. The van der Waals surface area contributed by atoms with Crippen molar-refractivity contribution in [1.29, 1.82) is 0 Å². The minimum Gasteiger partial charge on any atom is -0.391 e. The van der Waals surface area contributed by atoms with E-state index in [-0.39, 0.29) is 11.5 Å². The number of rotatable bonds is 3. The number of H-pyrrole nitrogens is 1. The molecule has 1 aromatic heterocycles. The molecule has 4 heteroatoms. The predicted molar refractivity (Wildman–Crippen MR) is 78.3 cm³/mol. The first kappa shape index (κ1) is 14.0. The first-order chi connectivity index (χ1) is 8.82. The highest BCUT2D eigenvalue weighted by molar-refractivity contribution is 5.76. The highest BCUT2D eigenvalue weighted by atomic mass is 16.3. The Kier molecular flexibility index (Phi) is 3.65. The van der Waals surface area contributed by atoms with Crippen LogP contribution in [0.3, 0.4) is 0 Å². The largest absolute Gasteiger partial charge is 0.391 e. The minimum absolute atomic E-state index is 0.117. The van der Waals surface area contributed by atoms with Gasteiger partial charge in [-0.15, -0.1) is 0 Å². The molecule has 0 amide bonds. The van der Waals surface area contributed by atoms with Gasteiger partial charge in [-0.25, -0.2) is 4.98 Å². The van der Waals surface area contributed by atoms with Crippen LogP contribution >= 0.6 is 0 Å². The molecular weight excluding hydrogens is 238 g/mol. The number of aliphatic hydroxyl groups excluding tert-OH is 1. The standard InChI is InChI=1S/C15H23N3O/c1-9(19)13(16-5)14-17-11-7-6-10(15(2,3)4)8-12(11)18-14/h6-9,13,16,19H,1-5H3,(H,17,18). The predicted octanol–water partition coefficient (Wildman–Crippen LogP) is 2.50. The fourth-order valence-corrected chi connectivity index (χ4v) is 2.25. The van der Waals surface area contributed by atoms with Crippen molar-refractivity contribution < 1.29 is 5.11 Å². The van der Waals surface area contributed by atoms with Crippen LogP contribution in [-0.4, -0.2) is 28.2 Å². The Labute approximate surface area is 114 Å². The fourth-order valence-electron chi connectivity index (χ4n) is 2.25. The SMILES string of the molecule is CNC(c1nc2ccc(C(C)(C)C)cc2[nH]1)C(C)O. The quantitative estimate of drug-likeness (QED) is 0.795. The van der Waals surface area contributed by atoms with Crippen LogP contribution in [0.4, 0.5) is 0 Å². The molecule has 0 spiro atoms. The number of imidazole rings is 1. The molecule has 1 aromatic carbocycles. The van der Waals surface area contributed by atoms with Crippen molar-refractivity contribution in [2.45, 2.75) is 45.3 Å². The highest BCUT2D eigenvalue weighted by Gasteiger charge is 2.20. The zero-order valence-corrected chi connectivity index (χ0v) is 12.3. The molecule has 0 saturated carbocycles. The molecule has 0 aliphatic heterocycles. The maximum Gasteiger partial charge on any atom is 0.127 e. The molecule has 0 saturated heterocycles. The average Bonchev–Trinajstić information content (AvgIpc) is 2.70. The Morgan fingerprint density at radius 3 is 2.53 bits per heavy atom. The fraction of sp³-hybridized carbons (Fsp3) is 0.533. The third kappa shape index (κ3) is 2.80. The summed E-state index contributed by atoms with van der Waals surface area (Å²) in [5.74, 6) is 0.776. The number of fused-ring (bicyclic) bond motifs is 1. The lowest BCUT2D eigenvalue weighted by Gasteiger charge is -2.18. The number of hydrogen-bond donors (Lipinski definition) is 3. The van der Waals surface area contributed by atoms with Crippen molar-refractivity contribution in [3.8, 4) is 0 Å². The molecule has 19 heavy (non-hydrogen) atoms. The Hall–Kier alpha value is -1.39. The van der Waals surface area contributed by atoms with E-state index >= 15 is 0 Å². The molecule has 0 aliphatic rings. The summed E-state index contributed by atoms with van der Waals surface area (Å²) in [4.78, 5) is 7.86. The van der Waals surface area contributed by atoms with Gasteiger partial charge in [0.25, 0.3) is 0 Å². The molecule has 1 heterocycles. The van der Waals surface area contributed by atoms with Crippen molar-refractivity contribution in [3.05, 3.63) is 29.6 Å². The molecule has 4 nitrogen and oxygen atoms in total. The maximum atomic E-state index is 9.75. The van der Waals surface area contributed by atoms with Crippen LogP contribution in [0.2, 0.25) is 0 Å². The van der Waals surface area contributed by atoms with Crippen LogP contribution in [-0.2, 0) is 5.41 Å². The zero-order valence-electron chi connectivity index (χ0n) is 12.3. The summed E-state index contributed by atoms with van der Waals surface area (Å²) in [5, 5.41) is 12.8. The van der Waals surface area contributed by atoms with Crippen LogP contribution in [0.25, 0.3) is 11.0 Å². The second kappa shape index (κ2) is 4.94. The zero-order chi connectivity index (χ0) is 14.2. The Bertz CT molecular complexity index is 566. The summed E-state index contributed by atoms with van der Waals surface area (Å²) < 4.78 is 0. The lowest BCUT2D eigenvalue weighted by atomic mass is 9.87. The van der Waals surface area contributed by atoms with Crippen LogP contribution in [0.15, 0.2) is 18.2 Å². The van der Waals surface area contributed by atoms with Crippen molar-refractivity contribution in [2.24, 2.45) is 0 Å². The maximum absolute atomic E-state index is 9.75. The third-order valence-corrected chi connectivity index (χ3v) is 3.45. The molecule has 0 aliphatic carbocycles. The summed E-state index contributed by atoms with van der Waals surface area (Å²) in [6.45, 7) is 8.34. The van der Waals surface area contributed by atoms with Gasteiger partial charge in [0.1, 0.15) is 5.82 Å². The Balaban J connectivity index is 2.46. The molecule has 0 fully saturated rings. The average molecular weight is 261 g/mol. The number of aromatic amines is 1. The van der Waals surface area contributed by atoms with E-state index in [0.29, 0.717) is 0 Å². The van der Waals surface area contributed by atoms with Crippen molar-refractivity contribution in [1.82, 2.24) is 15.3 Å². The summed E-state index contributed by atoms with van der Waals surface area (Å²) in [7, 11) is 1.82. The molecule has 3 N–H and O–H groups in total. The van der Waals surface area contributed by atoms with E-state index in [9.17, 15) is 5.11 Å². The van der Waals surface area contributed by atoms with E-state index in [2.05, 4.69) is 48.2 Å². The van der Waals surface area contributed by atoms with Gasteiger partial charge in [0.05, 0.1) is 23.2 Å². The second-order valence-electron chi connectivity index (χ2n) is 6.11. The normalized spacial score (nSPS) is 15.7. The Morgan fingerprint density at radius 2 is 2.00 bits per heavy atom. The van der Waals surface area contributed by atoms with Crippen LogP contribution in [0.5, 0.6) is 0 Å². The van der Waals surface area contributed by atoms with Crippen LogP contribution in [0, 0.1) is 0 Å². The Morgan fingerprint density at radius 1 is 1.32 bits per heavy atom. The number of hydrogen-bond acceptors (Lipinski definition) is 3. The van der Waals surface area contributed by atoms with Gasteiger partial charge < -0.3 is 15.4 Å². The summed E-state index contributed by atoms with van der Waals surface area (Å²) in [6.07, 6.45) is -0.493. The van der Waals surface area contributed by atoms with Gasteiger partial charge in [-0.1, -0.05) is 26.8 Å². The molecule has 104 valence electrons. The smallest absolute Gasteiger partial charge is 0.127 e. The van der Waals surface area contributed by atoms with E-state index in [1.807, 2.05) is 13.1 Å². The van der Waals surface area contributed by atoms with Gasteiger partial charge in [-0.05, 0) is 37.1 Å². The topological polar surface area (TPSA) is 60.9 Å². The molecule has 0 bridgehead atoms. The monoisotopic (exact) mass is 261 g/mol. The summed E-state index contributed by atoms with van der Waals surface area (Å²) >= 11 is 0. The van der Waals surface area contributed by atoms with E-state index in [0.717, 1.165) is 16.9 Å². The molecule has 2 atom stereocenters. The van der Waals surface area contributed by atoms with Gasteiger partial charge in [-0.3, -0.25) is 0 Å². The van der Waals surface area contributed by atoms with Gasteiger partial charge in [-0.2, -0.15) is 0 Å². The first-order valence-electron chi connectivity index (χ1n) is 6.68. The number of nitrogens with one attached hydrogen (secondary N) is 2. The number of aromatic nitrogens is 2. The van der Waals surface area contributed by atoms with E-state index < -0.39 is 6.10 Å². The number of benzene rings is 1. The number of likely N-dealkylation sites (N-methyl/N-ethyl adjacent to an activating group) is 1.